The molecule has 0 amide bonds. The Bertz CT molecular complexity index is 716. The number of halogens is 1. The van der Waals surface area contributed by atoms with E-state index in [1.54, 1.807) is 46.8 Å². The molecule has 0 saturated heterocycles. The fourth-order valence-electron chi connectivity index (χ4n) is 3.23. The standard InChI is InChI=1S/C22H29ClO8/c1-6-28-19(24)17(20(25)29-7-2)16(15-12-14(23)11-10-13(15)5)18(21(26)30-8-3)22(27)31-9-4/h10-12,16-18H,6-9H2,1-5H3. The van der Waals surface area contributed by atoms with Gasteiger partial charge in [-0.1, -0.05) is 17.7 Å². The summed E-state index contributed by atoms with van der Waals surface area (Å²) in [7, 11) is 0. The molecule has 8 nitrogen and oxygen atoms in total. The molecular weight excluding hydrogens is 428 g/mol. The lowest BCUT2D eigenvalue weighted by atomic mass is 9.75. The van der Waals surface area contributed by atoms with Crippen LogP contribution in [0.15, 0.2) is 18.2 Å². The molecule has 0 fully saturated rings. The number of ether oxygens (including phenoxy) is 4. The lowest BCUT2D eigenvalue weighted by molar-refractivity contribution is -0.169. The van der Waals surface area contributed by atoms with E-state index in [9.17, 15) is 19.2 Å². The Balaban J connectivity index is 3.82. The summed E-state index contributed by atoms with van der Waals surface area (Å²) in [5, 5.41) is 0.295. The molecular formula is C22H29ClO8. The van der Waals surface area contributed by atoms with Gasteiger partial charge in [-0.05, 0) is 57.9 Å². The zero-order chi connectivity index (χ0) is 23.6. The van der Waals surface area contributed by atoms with Gasteiger partial charge in [0.1, 0.15) is 0 Å². The third-order valence-electron chi connectivity index (χ3n) is 4.48. The molecule has 0 spiro atoms. The van der Waals surface area contributed by atoms with Crippen LogP contribution in [0.25, 0.3) is 0 Å². The van der Waals surface area contributed by atoms with Crippen molar-refractivity contribution in [1.82, 2.24) is 0 Å². The molecule has 9 heteroatoms. The summed E-state index contributed by atoms with van der Waals surface area (Å²) < 4.78 is 20.4. The van der Waals surface area contributed by atoms with Gasteiger partial charge < -0.3 is 18.9 Å². The maximum atomic E-state index is 12.9. The van der Waals surface area contributed by atoms with Gasteiger partial charge in [-0.25, -0.2) is 0 Å². The first-order valence-corrected chi connectivity index (χ1v) is 10.5. The van der Waals surface area contributed by atoms with Crippen molar-refractivity contribution in [3.8, 4) is 0 Å². The number of carbonyl (C=O) groups excluding carboxylic acids is 4. The van der Waals surface area contributed by atoms with Crippen LogP contribution in [0, 0.1) is 18.8 Å². The van der Waals surface area contributed by atoms with Gasteiger partial charge in [0.25, 0.3) is 0 Å². The quantitative estimate of drug-likeness (QED) is 0.284. The highest BCUT2D eigenvalue weighted by Crippen LogP contribution is 2.39. The second-order valence-corrected chi connectivity index (χ2v) is 6.93. The van der Waals surface area contributed by atoms with Crippen LogP contribution in [0.2, 0.25) is 5.02 Å². The van der Waals surface area contributed by atoms with Crippen LogP contribution >= 0.6 is 11.6 Å². The third-order valence-corrected chi connectivity index (χ3v) is 4.72. The van der Waals surface area contributed by atoms with E-state index in [-0.39, 0.29) is 26.4 Å². The van der Waals surface area contributed by atoms with Crippen molar-refractivity contribution in [2.24, 2.45) is 11.8 Å². The predicted molar refractivity (Wildman–Crippen MR) is 112 cm³/mol. The first-order chi connectivity index (χ1) is 14.7. The van der Waals surface area contributed by atoms with Crippen molar-refractivity contribution in [2.45, 2.75) is 40.5 Å². The average molecular weight is 457 g/mol. The molecule has 0 atom stereocenters. The van der Waals surface area contributed by atoms with Gasteiger partial charge >= 0.3 is 23.9 Å². The molecule has 172 valence electrons. The Morgan fingerprint density at radius 1 is 0.742 bits per heavy atom. The fourth-order valence-corrected chi connectivity index (χ4v) is 3.41. The smallest absolute Gasteiger partial charge is 0.320 e. The van der Waals surface area contributed by atoms with Gasteiger partial charge in [-0.3, -0.25) is 19.2 Å². The molecule has 0 N–H and O–H groups in total. The van der Waals surface area contributed by atoms with Crippen molar-refractivity contribution in [3.63, 3.8) is 0 Å². The summed E-state index contributed by atoms with van der Waals surface area (Å²) in [5.41, 5.74) is 0.941. The molecule has 0 aromatic heterocycles. The highest BCUT2D eigenvalue weighted by Gasteiger charge is 2.50. The van der Waals surface area contributed by atoms with Crippen LogP contribution in [0.4, 0.5) is 0 Å². The summed E-state index contributed by atoms with van der Waals surface area (Å²) in [5.74, 6) is -8.25. The van der Waals surface area contributed by atoms with Crippen molar-refractivity contribution in [1.29, 1.82) is 0 Å². The molecule has 31 heavy (non-hydrogen) atoms. The largest absolute Gasteiger partial charge is 0.465 e. The Morgan fingerprint density at radius 2 is 1.10 bits per heavy atom. The molecule has 1 rings (SSSR count). The summed E-state index contributed by atoms with van der Waals surface area (Å²) in [6.45, 7) is 7.96. The summed E-state index contributed by atoms with van der Waals surface area (Å²) in [6.07, 6.45) is 0. The average Bonchev–Trinajstić information content (AvgIpc) is 2.70. The van der Waals surface area contributed by atoms with Crippen LogP contribution in [0.5, 0.6) is 0 Å². The molecule has 0 aliphatic heterocycles. The monoisotopic (exact) mass is 456 g/mol. The van der Waals surface area contributed by atoms with Gasteiger partial charge in [-0.2, -0.15) is 0 Å². The number of hydrogen-bond donors (Lipinski definition) is 0. The van der Waals surface area contributed by atoms with Gasteiger partial charge in [0.05, 0.1) is 26.4 Å². The van der Waals surface area contributed by atoms with Crippen LogP contribution in [-0.4, -0.2) is 50.3 Å². The van der Waals surface area contributed by atoms with Gasteiger partial charge in [0.2, 0.25) is 0 Å². The predicted octanol–water partition coefficient (Wildman–Crippen LogP) is 3.22. The second kappa shape index (κ2) is 12.9. The molecule has 0 aliphatic carbocycles. The SMILES string of the molecule is CCOC(=O)C(C(=O)OCC)C(c1cc(Cl)ccc1C)C(C(=O)OCC)C(=O)OCC. The molecule has 0 saturated carbocycles. The first kappa shape index (κ1) is 26.4. The van der Waals surface area contributed by atoms with E-state index in [1.165, 1.54) is 6.07 Å². The first-order valence-electron chi connectivity index (χ1n) is 10.2. The number of esters is 4. The number of hydrogen-bond acceptors (Lipinski definition) is 8. The number of benzene rings is 1. The number of carbonyl (C=O) groups is 4. The fraction of sp³-hybridized carbons (Fsp3) is 0.545. The Hall–Kier alpha value is -2.61. The maximum absolute atomic E-state index is 12.9. The molecule has 1 aromatic rings. The molecule has 0 aliphatic rings. The molecule has 0 unspecified atom stereocenters. The van der Waals surface area contributed by atoms with Crippen molar-refractivity contribution in [3.05, 3.63) is 34.3 Å². The highest BCUT2D eigenvalue weighted by molar-refractivity contribution is 6.30. The maximum Gasteiger partial charge on any atom is 0.320 e. The lowest BCUT2D eigenvalue weighted by Gasteiger charge is -2.30. The van der Waals surface area contributed by atoms with E-state index in [0.717, 1.165) is 0 Å². The normalized spacial score (nSPS) is 10.9. The number of aryl methyl sites for hydroxylation is 1. The van der Waals surface area contributed by atoms with E-state index >= 15 is 0 Å². The Morgan fingerprint density at radius 3 is 1.42 bits per heavy atom. The Labute approximate surface area is 187 Å². The molecule has 1 aromatic carbocycles. The van der Waals surface area contributed by atoms with Crippen molar-refractivity contribution in [2.75, 3.05) is 26.4 Å². The van der Waals surface area contributed by atoms with Gasteiger partial charge in [0.15, 0.2) is 11.8 Å². The van der Waals surface area contributed by atoms with Crippen LogP contribution < -0.4 is 0 Å². The van der Waals surface area contributed by atoms with Crippen molar-refractivity contribution < 1.29 is 38.1 Å². The lowest BCUT2D eigenvalue weighted by Crippen LogP contribution is -2.43. The minimum atomic E-state index is -1.61. The third kappa shape index (κ3) is 6.95. The van der Waals surface area contributed by atoms with E-state index in [0.29, 0.717) is 16.1 Å². The zero-order valence-corrected chi connectivity index (χ0v) is 19.2. The minimum absolute atomic E-state index is 0.0144. The van der Waals surface area contributed by atoms with E-state index in [2.05, 4.69) is 0 Å². The molecule has 0 radical (unpaired) electrons. The van der Waals surface area contributed by atoms with E-state index in [4.69, 9.17) is 30.5 Å². The van der Waals surface area contributed by atoms with Crippen LogP contribution in [0.1, 0.15) is 44.7 Å². The minimum Gasteiger partial charge on any atom is -0.465 e. The van der Waals surface area contributed by atoms with E-state index in [1.807, 2.05) is 0 Å². The highest BCUT2D eigenvalue weighted by atomic mass is 35.5. The van der Waals surface area contributed by atoms with E-state index < -0.39 is 41.6 Å². The topological polar surface area (TPSA) is 105 Å². The van der Waals surface area contributed by atoms with Gasteiger partial charge in [0, 0.05) is 10.9 Å². The Kier molecular flexibility index (Phi) is 11.0. The van der Waals surface area contributed by atoms with Gasteiger partial charge in [-0.15, -0.1) is 0 Å². The van der Waals surface area contributed by atoms with Crippen molar-refractivity contribution >= 4 is 35.5 Å². The summed E-state index contributed by atoms with van der Waals surface area (Å²) >= 11 is 6.17. The zero-order valence-electron chi connectivity index (χ0n) is 18.4. The second-order valence-electron chi connectivity index (χ2n) is 6.49. The molecule has 0 bridgehead atoms. The summed E-state index contributed by atoms with van der Waals surface area (Å²) in [4.78, 5) is 51.5. The summed E-state index contributed by atoms with van der Waals surface area (Å²) in [6, 6.07) is 4.77. The van der Waals surface area contributed by atoms with Crippen LogP contribution in [0.3, 0.4) is 0 Å². The van der Waals surface area contributed by atoms with Crippen LogP contribution in [-0.2, 0) is 38.1 Å². The molecule has 0 heterocycles. The number of rotatable bonds is 11.